The van der Waals surface area contributed by atoms with Crippen LogP contribution in [-0.4, -0.2) is 30.2 Å². The number of carbonyl (C=O) groups is 3. The molecule has 1 amide bonds. The number of cyclic esters (lactones) is 2. The van der Waals surface area contributed by atoms with Crippen molar-refractivity contribution in [1.29, 1.82) is 0 Å². The highest BCUT2D eigenvalue weighted by Crippen LogP contribution is 2.23. The average Bonchev–Trinajstić information content (AvgIpc) is 2.67. The lowest BCUT2D eigenvalue weighted by Gasteiger charge is -2.29. The lowest BCUT2D eigenvalue weighted by molar-refractivity contribution is -0.222. The molecule has 1 aliphatic carbocycles. The van der Waals surface area contributed by atoms with Gasteiger partial charge in [0, 0.05) is 37.8 Å². The van der Waals surface area contributed by atoms with Gasteiger partial charge in [-0.1, -0.05) is 17.7 Å². The molecule has 1 aliphatic heterocycles. The summed E-state index contributed by atoms with van der Waals surface area (Å²) in [6, 6.07) is 6.80. The standard InChI is InChI=1S/C22H26N2O5/c1-22(2)28-20(26)18(21(27)29-22)14-24-17-10-6-9-16(13-17)19(25)23-12-11-15-7-4-3-5-8-15/h6-7,9-10,13-14,24H,3-5,8,11-12H2,1-2H3,(H,23,25). The summed E-state index contributed by atoms with van der Waals surface area (Å²) in [6.45, 7) is 3.57. The topological polar surface area (TPSA) is 93.7 Å². The number of amides is 1. The van der Waals surface area contributed by atoms with Crippen LogP contribution in [0.15, 0.2) is 47.7 Å². The second-order valence-electron chi connectivity index (χ2n) is 7.58. The Labute approximate surface area is 170 Å². The van der Waals surface area contributed by atoms with Gasteiger partial charge in [0.25, 0.3) is 11.7 Å². The molecule has 29 heavy (non-hydrogen) atoms. The molecule has 3 rings (SSSR count). The summed E-state index contributed by atoms with van der Waals surface area (Å²) in [6.07, 6.45) is 9.09. The van der Waals surface area contributed by atoms with Crippen molar-refractivity contribution < 1.29 is 23.9 Å². The molecule has 1 aromatic rings. The Morgan fingerprint density at radius 2 is 1.93 bits per heavy atom. The van der Waals surface area contributed by atoms with Crippen molar-refractivity contribution >= 4 is 23.5 Å². The summed E-state index contributed by atoms with van der Waals surface area (Å²) in [5, 5.41) is 5.78. The van der Waals surface area contributed by atoms with Crippen molar-refractivity contribution in [2.75, 3.05) is 11.9 Å². The molecule has 0 bridgehead atoms. The average molecular weight is 398 g/mol. The first-order chi connectivity index (χ1) is 13.8. The number of hydrogen-bond acceptors (Lipinski definition) is 6. The van der Waals surface area contributed by atoms with Crippen molar-refractivity contribution in [2.45, 2.75) is 51.7 Å². The molecule has 7 nitrogen and oxygen atoms in total. The Kier molecular flexibility index (Phi) is 6.36. The van der Waals surface area contributed by atoms with Crippen LogP contribution in [0.25, 0.3) is 0 Å². The smallest absolute Gasteiger partial charge is 0.350 e. The van der Waals surface area contributed by atoms with Gasteiger partial charge < -0.3 is 20.1 Å². The van der Waals surface area contributed by atoms with Crippen molar-refractivity contribution in [2.24, 2.45) is 0 Å². The van der Waals surface area contributed by atoms with Crippen LogP contribution in [0.3, 0.4) is 0 Å². The minimum absolute atomic E-state index is 0.170. The van der Waals surface area contributed by atoms with Crippen LogP contribution < -0.4 is 10.6 Å². The van der Waals surface area contributed by atoms with Gasteiger partial charge in [0.1, 0.15) is 0 Å². The summed E-state index contributed by atoms with van der Waals surface area (Å²) >= 11 is 0. The predicted molar refractivity (Wildman–Crippen MR) is 108 cm³/mol. The number of esters is 2. The second-order valence-corrected chi connectivity index (χ2v) is 7.58. The summed E-state index contributed by atoms with van der Waals surface area (Å²) in [4.78, 5) is 36.3. The number of hydrogen-bond donors (Lipinski definition) is 2. The van der Waals surface area contributed by atoms with Crippen molar-refractivity contribution in [3.05, 3.63) is 53.3 Å². The number of anilines is 1. The van der Waals surface area contributed by atoms with Gasteiger partial charge in [-0.25, -0.2) is 9.59 Å². The molecule has 7 heteroatoms. The zero-order chi connectivity index (χ0) is 20.9. The number of benzene rings is 1. The van der Waals surface area contributed by atoms with E-state index in [0.717, 1.165) is 19.3 Å². The lowest BCUT2D eigenvalue weighted by Crippen LogP contribution is -2.42. The summed E-state index contributed by atoms with van der Waals surface area (Å²) < 4.78 is 10.1. The van der Waals surface area contributed by atoms with Gasteiger partial charge in [0.15, 0.2) is 5.57 Å². The molecule has 0 unspecified atom stereocenters. The molecule has 0 saturated carbocycles. The molecule has 0 atom stereocenters. The first-order valence-electron chi connectivity index (χ1n) is 9.84. The van der Waals surface area contributed by atoms with E-state index in [0.29, 0.717) is 17.8 Å². The molecule has 0 radical (unpaired) electrons. The first kappa shape index (κ1) is 20.6. The Hall–Kier alpha value is -3.09. The SMILES string of the molecule is CC1(C)OC(=O)C(=CNc2cccc(C(=O)NCCC3=CCCCC3)c2)C(=O)O1. The Bertz CT molecular complexity index is 848. The van der Waals surface area contributed by atoms with E-state index >= 15 is 0 Å². The van der Waals surface area contributed by atoms with Crippen LogP contribution >= 0.6 is 0 Å². The molecule has 0 aromatic heterocycles. The predicted octanol–water partition coefficient (Wildman–Crippen LogP) is 3.44. The van der Waals surface area contributed by atoms with E-state index in [9.17, 15) is 14.4 Å². The Balaban J connectivity index is 1.57. The van der Waals surface area contributed by atoms with Crippen LogP contribution in [0.5, 0.6) is 0 Å². The van der Waals surface area contributed by atoms with Crippen LogP contribution in [0, 0.1) is 0 Å². The molecule has 2 aliphatic rings. The minimum atomic E-state index is -1.28. The van der Waals surface area contributed by atoms with Gasteiger partial charge in [-0.05, 0) is 50.3 Å². The zero-order valence-electron chi connectivity index (χ0n) is 16.7. The van der Waals surface area contributed by atoms with E-state index < -0.39 is 17.7 Å². The summed E-state index contributed by atoms with van der Waals surface area (Å²) in [5.74, 6) is -2.97. The van der Waals surface area contributed by atoms with Gasteiger partial charge >= 0.3 is 11.9 Å². The van der Waals surface area contributed by atoms with Crippen molar-refractivity contribution in [3.8, 4) is 0 Å². The lowest BCUT2D eigenvalue weighted by atomic mass is 9.97. The highest BCUT2D eigenvalue weighted by molar-refractivity contribution is 6.15. The fourth-order valence-corrected chi connectivity index (χ4v) is 3.25. The number of allylic oxidation sites excluding steroid dienone is 1. The molecular formula is C22H26N2O5. The number of carbonyl (C=O) groups excluding carboxylic acids is 3. The van der Waals surface area contributed by atoms with Gasteiger partial charge in [-0.2, -0.15) is 0 Å². The van der Waals surface area contributed by atoms with Gasteiger partial charge in [-0.15, -0.1) is 0 Å². The van der Waals surface area contributed by atoms with Crippen molar-refractivity contribution in [3.63, 3.8) is 0 Å². The molecule has 2 N–H and O–H groups in total. The molecule has 1 aromatic carbocycles. The number of ether oxygens (including phenoxy) is 2. The largest absolute Gasteiger partial charge is 0.419 e. The maximum absolute atomic E-state index is 12.4. The van der Waals surface area contributed by atoms with Crippen LogP contribution in [-0.2, 0) is 19.1 Å². The van der Waals surface area contributed by atoms with E-state index in [1.165, 1.54) is 38.5 Å². The highest BCUT2D eigenvalue weighted by Gasteiger charge is 2.38. The third-order valence-corrected chi connectivity index (χ3v) is 4.74. The van der Waals surface area contributed by atoms with Gasteiger partial charge in [0.05, 0.1) is 0 Å². The normalized spacial score (nSPS) is 18.3. The second kappa shape index (κ2) is 8.94. The maximum atomic E-state index is 12.4. The van der Waals surface area contributed by atoms with E-state index in [2.05, 4.69) is 16.7 Å². The van der Waals surface area contributed by atoms with Crippen molar-refractivity contribution in [1.82, 2.24) is 5.32 Å². The molecule has 0 spiro atoms. The van der Waals surface area contributed by atoms with Gasteiger partial charge in [0.2, 0.25) is 0 Å². The quantitative estimate of drug-likeness (QED) is 0.330. The van der Waals surface area contributed by atoms with Crippen LogP contribution in [0.4, 0.5) is 5.69 Å². The Morgan fingerprint density at radius 1 is 1.17 bits per heavy atom. The third-order valence-electron chi connectivity index (χ3n) is 4.74. The van der Waals surface area contributed by atoms with E-state index in [1.807, 2.05) is 0 Å². The third kappa shape index (κ3) is 5.70. The Morgan fingerprint density at radius 3 is 2.62 bits per heavy atom. The van der Waals surface area contributed by atoms with Gasteiger partial charge in [-0.3, -0.25) is 4.79 Å². The molecule has 1 heterocycles. The first-order valence-corrected chi connectivity index (χ1v) is 9.84. The minimum Gasteiger partial charge on any atom is -0.419 e. The molecule has 1 saturated heterocycles. The fourth-order valence-electron chi connectivity index (χ4n) is 3.25. The monoisotopic (exact) mass is 398 g/mol. The van der Waals surface area contributed by atoms with E-state index in [1.54, 1.807) is 24.3 Å². The van der Waals surface area contributed by atoms with E-state index in [-0.39, 0.29) is 11.5 Å². The van der Waals surface area contributed by atoms with Crippen LogP contribution in [0.1, 0.15) is 56.3 Å². The van der Waals surface area contributed by atoms with E-state index in [4.69, 9.17) is 9.47 Å². The molecular weight excluding hydrogens is 372 g/mol. The molecule has 1 fully saturated rings. The number of rotatable bonds is 6. The fraction of sp³-hybridized carbons (Fsp3) is 0.409. The number of nitrogens with one attached hydrogen (secondary N) is 2. The maximum Gasteiger partial charge on any atom is 0.350 e. The molecule has 154 valence electrons. The summed E-state index contributed by atoms with van der Waals surface area (Å²) in [5.41, 5.74) is 2.22. The summed E-state index contributed by atoms with van der Waals surface area (Å²) in [7, 11) is 0. The highest BCUT2D eigenvalue weighted by atomic mass is 16.7. The zero-order valence-corrected chi connectivity index (χ0v) is 16.7. The van der Waals surface area contributed by atoms with Crippen LogP contribution in [0.2, 0.25) is 0 Å².